The van der Waals surface area contributed by atoms with Gasteiger partial charge in [-0.1, -0.05) is 45.9 Å². The van der Waals surface area contributed by atoms with Gasteiger partial charge < -0.3 is 21.1 Å². The van der Waals surface area contributed by atoms with Crippen molar-refractivity contribution in [3.8, 4) is 0 Å². The number of nitrogens with one attached hydrogen (secondary N) is 3. The van der Waals surface area contributed by atoms with E-state index in [1.165, 1.54) is 0 Å². The number of hydrogen-bond acceptors (Lipinski definition) is 4. The zero-order valence-electron chi connectivity index (χ0n) is 16.5. The molecule has 0 saturated carbocycles. The average Bonchev–Trinajstić information content (AvgIpc) is 2.61. The van der Waals surface area contributed by atoms with Gasteiger partial charge in [0, 0.05) is 18.1 Å². The Morgan fingerprint density at radius 1 is 1.07 bits per heavy atom. The van der Waals surface area contributed by atoms with Gasteiger partial charge in [0.2, 0.25) is 11.8 Å². The van der Waals surface area contributed by atoms with E-state index in [4.69, 9.17) is 11.6 Å². The van der Waals surface area contributed by atoms with E-state index in [0.717, 1.165) is 0 Å². The number of aliphatic hydroxyl groups is 1. The highest BCUT2D eigenvalue weighted by Crippen LogP contribution is 2.11. The maximum atomic E-state index is 12.8. The van der Waals surface area contributed by atoms with Gasteiger partial charge in [0.15, 0.2) is 0 Å². The molecule has 0 fully saturated rings. The van der Waals surface area contributed by atoms with E-state index in [0.29, 0.717) is 12.1 Å². The molecule has 0 aliphatic heterocycles. The maximum Gasteiger partial charge on any atom is 0.246 e. The fraction of sp³-hybridized carbons (Fsp3) is 0.600. The summed E-state index contributed by atoms with van der Waals surface area (Å²) in [5, 5.41) is 18.4. The van der Waals surface area contributed by atoms with E-state index in [2.05, 4.69) is 16.0 Å². The van der Waals surface area contributed by atoms with Gasteiger partial charge >= 0.3 is 0 Å². The molecule has 4 N–H and O–H groups in total. The molecule has 0 aromatic heterocycles. The summed E-state index contributed by atoms with van der Waals surface area (Å²) >= 11 is 5.61. The minimum atomic E-state index is -0.728. The number of rotatable bonds is 11. The first-order valence-electron chi connectivity index (χ1n) is 9.38. The van der Waals surface area contributed by atoms with Gasteiger partial charge in [-0.2, -0.15) is 0 Å². The SMILES string of the molecule is CC(C)C[C@H](NC(=O)[C@@H](NC[C@H](O)CCl)C(C)C)C(=O)Nc1ccccc1. The second kappa shape index (κ2) is 12.0. The molecule has 7 heteroatoms. The van der Waals surface area contributed by atoms with Gasteiger partial charge in [-0.05, 0) is 30.4 Å². The molecule has 27 heavy (non-hydrogen) atoms. The molecule has 0 spiro atoms. The number of carbonyl (C=O) groups excluding carboxylic acids is 2. The minimum absolute atomic E-state index is 0.00981. The van der Waals surface area contributed by atoms with Crippen LogP contribution in [0.4, 0.5) is 5.69 Å². The lowest BCUT2D eigenvalue weighted by atomic mass is 9.99. The third kappa shape index (κ3) is 8.73. The molecule has 0 unspecified atom stereocenters. The number of amides is 2. The number of benzene rings is 1. The number of para-hydroxylation sites is 1. The number of aliphatic hydroxyl groups excluding tert-OH is 1. The molecule has 1 aromatic rings. The smallest absolute Gasteiger partial charge is 0.246 e. The maximum absolute atomic E-state index is 12.8. The van der Waals surface area contributed by atoms with Crippen LogP contribution >= 0.6 is 11.6 Å². The lowest BCUT2D eigenvalue weighted by Crippen LogP contribution is -2.54. The zero-order chi connectivity index (χ0) is 20.4. The number of hydrogen-bond donors (Lipinski definition) is 4. The Labute approximate surface area is 167 Å². The summed E-state index contributed by atoms with van der Waals surface area (Å²) in [5.41, 5.74) is 0.689. The van der Waals surface area contributed by atoms with E-state index in [-0.39, 0.29) is 36.1 Å². The molecule has 3 atom stereocenters. The van der Waals surface area contributed by atoms with E-state index < -0.39 is 18.2 Å². The summed E-state index contributed by atoms with van der Waals surface area (Å²) in [6.45, 7) is 8.04. The predicted octanol–water partition coefficient (Wildman–Crippen LogP) is 2.37. The van der Waals surface area contributed by atoms with E-state index in [1.54, 1.807) is 12.1 Å². The molecule has 1 aromatic carbocycles. The topological polar surface area (TPSA) is 90.5 Å². The number of halogens is 1. The molecule has 0 aliphatic carbocycles. The van der Waals surface area contributed by atoms with Crippen molar-refractivity contribution in [1.29, 1.82) is 0 Å². The number of carbonyl (C=O) groups is 2. The highest BCUT2D eigenvalue weighted by molar-refractivity contribution is 6.18. The number of alkyl halides is 1. The van der Waals surface area contributed by atoms with Crippen LogP contribution in [0.25, 0.3) is 0 Å². The van der Waals surface area contributed by atoms with Crippen molar-refractivity contribution < 1.29 is 14.7 Å². The Kier molecular flexibility index (Phi) is 10.4. The minimum Gasteiger partial charge on any atom is -0.391 e. The van der Waals surface area contributed by atoms with Crippen LogP contribution in [0.15, 0.2) is 30.3 Å². The molecule has 0 aliphatic rings. The van der Waals surface area contributed by atoms with Crippen molar-refractivity contribution in [3.05, 3.63) is 30.3 Å². The van der Waals surface area contributed by atoms with Gasteiger partial charge in [-0.25, -0.2) is 0 Å². The molecular weight excluding hydrogens is 366 g/mol. The van der Waals surface area contributed by atoms with Crippen LogP contribution in [0.5, 0.6) is 0 Å². The van der Waals surface area contributed by atoms with Crippen molar-refractivity contribution in [1.82, 2.24) is 10.6 Å². The fourth-order valence-corrected chi connectivity index (χ4v) is 2.77. The monoisotopic (exact) mass is 397 g/mol. The first-order chi connectivity index (χ1) is 12.7. The summed E-state index contributed by atoms with van der Waals surface area (Å²) in [4.78, 5) is 25.5. The lowest BCUT2D eigenvalue weighted by molar-refractivity contribution is -0.129. The van der Waals surface area contributed by atoms with Crippen molar-refractivity contribution >= 4 is 29.1 Å². The fourth-order valence-electron chi connectivity index (χ4n) is 2.66. The standard InChI is InChI=1S/C20H32ClN3O3/c1-13(2)10-17(19(26)23-15-8-6-5-7-9-15)24-20(27)18(14(3)4)22-12-16(25)11-21/h5-9,13-14,16-18,22,25H,10-12H2,1-4H3,(H,23,26)(H,24,27)/t16-,17+,18+/m1/s1. The molecule has 0 heterocycles. The van der Waals surface area contributed by atoms with Crippen LogP contribution in [0.3, 0.4) is 0 Å². The Hall–Kier alpha value is -1.63. The van der Waals surface area contributed by atoms with E-state index in [1.807, 2.05) is 45.9 Å². The second-order valence-corrected chi connectivity index (χ2v) is 7.79. The third-order valence-electron chi connectivity index (χ3n) is 4.08. The van der Waals surface area contributed by atoms with Crippen LogP contribution < -0.4 is 16.0 Å². The van der Waals surface area contributed by atoms with Crippen LogP contribution in [-0.2, 0) is 9.59 Å². The van der Waals surface area contributed by atoms with Gasteiger partial charge in [0.05, 0.1) is 12.1 Å². The first kappa shape index (κ1) is 23.4. The normalized spacial score (nSPS) is 14.7. The van der Waals surface area contributed by atoms with Crippen LogP contribution in [0.2, 0.25) is 0 Å². The molecule has 6 nitrogen and oxygen atoms in total. The van der Waals surface area contributed by atoms with Crippen molar-refractivity contribution in [2.45, 2.75) is 52.3 Å². The molecule has 0 radical (unpaired) electrons. The van der Waals surface area contributed by atoms with Crippen LogP contribution in [0, 0.1) is 11.8 Å². The van der Waals surface area contributed by atoms with E-state index in [9.17, 15) is 14.7 Å². The summed E-state index contributed by atoms with van der Waals surface area (Å²) < 4.78 is 0. The molecule has 1 rings (SSSR count). The largest absolute Gasteiger partial charge is 0.391 e. The van der Waals surface area contributed by atoms with Crippen molar-refractivity contribution in [2.24, 2.45) is 11.8 Å². The number of anilines is 1. The molecule has 0 saturated heterocycles. The highest BCUT2D eigenvalue weighted by Gasteiger charge is 2.28. The molecular formula is C20H32ClN3O3. The Morgan fingerprint density at radius 2 is 1.70 bits per heavy atom. The van der Waals surface area contributed by atoms with Crippen LogP contribution in [-0.4, -0.2) is 47.5 Å². The van der Waals surface area contributed by atoms with Crippen molar-refractivity contribution in [2.75, 3.05) is 17.7 Å². The summed E-state index contributed by atoms with van der Waals surface area (Å²) in [5.74, 6) is -0.188. The quantitative estimate of drug-likeness (QED) is 0.431. The average molecular weight is 398 g/mol. The zero-order valence-corrected chi connectivity index (χ0v) is 17.3. The molecule has 2 amide bonds. The summed E-state index contributed by atoms with van der Waals surface area (Å²) in [7, 11) is 0. The van der Waals surface area contributed by atoms with Crippen LogP contribution in [0.1, 0.15) is 34.1 Å². The van der Waals surface area contributed by atoms with E-state index >= 15 is 0 Å². The highest BCUT2D eigenvalue weighted by atomic mass is 35.5. The first-order valence-corrected chi connectivity index (χ1v) is 9.91. The molecule has 152 valence electrons. The van der Waals surface area contributed by atoms with Gasteiger partial charge in [0.1, 0.15) is 6.04 Å². The third-order valence-corrected chi connectivity index (χ3v) is 4.44. The predicted molar refractivity (Wildman–Crippen MR) is 110 cm³/mol. The van der Waals surface area contributed by atoms with Gasteiger partial charge in [0.25, 0.3) is 0 Å². The summed E-state index contributed by atoms with van der Waals surface area (Å²) in [6, 6.07) is 7.99. The second-order valence-electron chi connectivity index (χ2n) is 7.48. The molecule has 0 bridgehead atoms. The van der Waals surface area contributed by atoms with Gasteiger partial charge in [-0.3, -0.25) is 9.59 Å². The lowest BCUT2D eigenvalue weighted by Gasteiger charge is -2.26. The van der Waals surface area contributed by atoms with Crippen molar-refractivity contribution in [3.63, 3.8) is 0 Å². The Balaban J connectivity index is 2.80. The Morgan fingerprint density at radius 3 is 2.22 bits per heavy atom. The summed E-state index contributed by atoms with van der Waals surface area (Å²) in [6.07, 6.45) is -0.201. The van der Waals surface area contributed by atoms with Gasteiger partial charge in [-0.15, -0.1) is 11.6 Å². The Bertz CT molecular complexity index is 581.